The monoisotopic (exact) mass is 293 g/mol. The van der Waals surface area contributed by atoms with Gasteiger partial charge in [-0.15, -0.1) is 4.28 Å². The third kappa shape index (κ3) is 2.40. The van der Waals surface area contributed by atoms with Gasteiger partial charge in [0.1, 0.15) is 6.04 Å². The van der Waals surface area contributed by atoms with Gasteiger partial charge in [0.2, 0.25) is 5.91 Å². The number of hydroxylamine groups is 2. The van der Waals surface area contributed by atoms with Crippen molar-refractivity contribution in [1.82, 2.24) is 9.96 Å². The Morgan fingerprint density at radius 2 is 2.21 bits per heavy atom. The third-order valence-electron chi connectivity index (χ3n) is 2.86. The number of urea groups is 1. The van der Waals surface area contributed by atoms with Gasteiger partial charge in [0.25, 0.3) is 0 Å². The normalized spacial score (nSPS) is 26.6. The molecular formula is C8H11N3O7S. The number of amides is 3. The zero-order chi connectivity index (χ0) is 14.4. The Kier molecular flexibility index (Phi) is 3.22. The number of fused-ring (bicyclic) bond motifs is 2. The van der Waals surface area contributed by atoms with E-state index in [1.54, 1.807) is 0 Å². The van der Waals surface area contributed by atoms with Crippen LogP contribution in [0.4, 0.5) is 4.79 Å². The minimum atomic E-state index is -4.92. The van der Waals surface area contributed by atoms with Gasteiger partial charge in [-0.05, 0) is 6.08 Å². The van der Waals surface area contributed by atoms with Crippen LogP contribution in [0.25, 0.3) is 0 Å². The second-order valence-corrected chi connectivity index (χ2v) is 5.02. The lowest BCUT2D eigenvalue weighted by Gasteiger charge is -2.26. The standard InChI is InChI=1S/C8H11N3O7S/c9-7(13)5-1-4(3-12)10-2-6(5)11(8(10)14)18-19(15,16)17/h1,4,6,12H,2-3H2,(H2,9,13)(H,15,16,17)/t4-,6-/m0/s1. The summed E-state index contributed by atoms with van der Waals surface area (Å²) in [4.78, 5) is 24.2. The number of rotatable bonds is 4. The number of carbonyl (C=O) groups excluding carboxylic acids is 2. The molecule has 0 unspecified atom stereocenters. The first kappa shape index (κ1) is 13.7. The van der Waals surface area contributed by atoms with E-state index in [2.05, 4.69) is 4.28 Å². The Balaban J connectivity index is 2.39. The van der Waals surface area contributed by atoms with E-state index in [4.69, 9.17) is 15.4 Å². The molecule has 2 bridgehead atoms. The van der Waals surface area contributed by atoms with E-state index < -0.39 is 41.0 Å². The molecule has 2 rings (SSSR count). The molecule has 0 spiro atoms. The van der Waals surface area contributed by atoms with Crippen molar-refractivity contribution in [3.63, 3.8) is 0 Å². The number of aliphatic hydroxyl groups is 1. The van der Waals surface area contributed by atoms with Crippen LogP contribution in [0.2, 0.25) is 0 Å². The highest BCUT2D eigenvalue weighted by Crippen LogP contribution is 2.30. The van der Waals surface area contributed by atoms with Crippen molar-refractivity contribution in [1.29, 1.82) is 0 Å². The number of nitrogens with zero attached hydrogens (tertiary/aromatic N) is 2. The summed E-state index contributed by atoms with van der Waals surface area (Å²) in [5.74, 6) is -0.873. The van der Waals surface area contributed by atoms with Crippen molar-refractivity contribution >= 4 is 22.3 Å². The summed E-state index contributed by atoms with van der Waals surface area (Å²) in [5, 5.41) is 9.48. The highest BCUT2D eigenvalue weighted by Gasteiger charge is 2.49. The van der Waals surface area contributed by atoms with Crippen molar-refractivity contribution in [2.75, 3.05) is 13.2 Å². The highest BCUT2D eigenvalue weighted by atomic mass is 32.3. The fourth-order valence-corrected chi connectivity index (χ4v) is 2.46. The van der Waals surface area contributed by atoms with Crippen molar-refractivity contribution in [2.45, 2.75) is 12.1 Å². The molecule has 2 atom stereocenters. The second-order valence-electron chi connectivity index (χ2n) is 4.01. The molecule has 0 aromatic heterocycles. The van der Waals surface area contributed by atoms with Crippen LogP contribution in [-0.4, -0.2) is 65.2 Å². The van der Waals surface area contributed by atoms with Gasteiger partial charge in [0.15, 0.2) is 0 Å². The minimum absolute atomic E-state index is 0.0650. The maximum absolute atomic E-state index is 11.9. The van der Waals surface area contributed by atoms with Crippen LogP contribution >= 0.6 is 0 Å². The topological polar surface area (TPSA) is 150 Å². The lowest BCUT2D eigenvalue weighted by atomic mass is 10.00. The molecule has 2 aliphatic rings. The fraction of sp³-hybridized carbons (Fsp3) is 0.500. The molecule has 0 aliphatic carbocycles. The molecule has 0 aromatic carbocycles. The third-order valence-corrected chi connectivity index (χ3v) is 3.21. The summed E-state index contributed by atoms with van der Waals surface area (Å²) in [7, 11) is -4.92. The van der Waals surface area contributed by atoms with Crippen LogP contribution in [0, 0.1) is 0 Å². The van der Waals surface area contributed by atoms with Crippen LogP contribution in [0.5, 0.6) is 0 Å². The van der Waals surface area contributed by atoms with Crippen molar-refractivity contribution in [2.24, 2.45) is 5.73 Å². The number of hydrogen-bond donors (Lipinski definition) is 3. The predicted octanol–water partition coefficient (Wildman–Crippen LogP) is -2.39. The van der Waals surface area contributed by atoms with Gasteiger partial charge in [0.05, 0.1) is 19.2 Å². The molecule has 106 valence electrons. The van der Waals surface area contributed by atoms with Gasteiger partial charge in [-0.3, -0.25) is 9.35 Å². The average molecular weight is 293 g/mol. The maximum atomic E-state index is 11.9. The molecule has 4 N–H and O–H groups in total. The average Bonchev–Trinajstić information content (AvgIpc) is 2.54. The molecule has 3 amide bonds. The Bertz CT molecular complexity index is 557. The molecule has 0 aromatic rings. The van der Waals surface area contributed by atoms with E-state index in [0.29, 0.717) is 5.06 Å². The quantitative estimate of drug-likeness (QED) is 0.489. The SMILES string of the molecule is NC(=O)C1=C[C@@H](CO)N2C[C@@H]1N(OS(=O)(=O)O)C2=O. The van der Waals surface area contributed by atoms with Crippen molar-refractivity contribution in [3.8, 4) is 0 Å². The first-order valence-electron chi connectivity index (χ1n) is 5.14. The van der Waals surface area contributed by atoms with E-state index >= 15 is 0 Å². The van der Waals surface area contributed by atoms with Gasteiger partial charge >= 0.3 is 16.4 Å². The summed E-state index contributed by atoms with van der Waals surface area (Å²) in [5.41, 5.74) is 5.06. The number of primary amides is 1. The fourth-order valence-electron chi connectivity index (χ4n) is 2.09. The predicted molar refractivity (Wildman–Crippen MR) is 58.5 cm³/mol. The van der Waals surface area contributed by atoms with Crippen molar-refractivity contribution < 1.29 is 31.9 Å². The molecule has 19 heavy (non-hydrogen) atoms. The number of carbonyl (C=O) groups is 2. The van der Waals surface area contributed by atoms with Gasteiger partial charge in [-0.2, -0.15) is 13.5 Å². The molecule has 1 fully saturated rings. The molecule has 11 heteroatoms. The zero-order valence-electron chi connectivity index (χ0n) is 9.46. The minimum Gasteiger partial charge on any atom is -0.394 e. The second kappa shape index (κ2) is 4.45. The zero-order valence-corrected chi connectivity index (χ0v) is 10.3. The van der Waals surface area contributed by atoms with Crippen LogP contribution in [0.15, 0.2) is 11.6 Å². The highest BCUT2D eigenvalue weighted by molar-refractivity contribution is 7.80. The van der Waals surface area contributed by atoms with Gasteiger partial charge in [0, 0.05) is 5.57 Å². The number of nitrogens with two attached hydrogens (primary N) is 1. The van der Waals surface area contributed by atoms with Crippen LogP contribution < -0.4 is 5.73 Å². The molecular weight excluding hydrogens is 282 g/mol. The Morgan fingerprint density at radius 3 is 2.68 bits per heavy atom. The van der Waals surface area contributed by atoms with E-state index in [1.807, 2.05) is 0 Å². The molecule has 2 aliphatic heterocycles. The van der Waals surface area contributed by atoms with Crippen LogP contribution in [0.3, 0.4) is 0 Å². The van der Waals surface area contributed by atoms with Gasteiger partial charge < -0.3 is 15.7 Å². The van der Waals surface area contributed by atoms with E-state index in [1.165, 1.54) is 6.08 Å². The lowest BCUT2D eigenvalue weighted by Crippen LogP contribution is -2.42. The molecule has 10 nitrogen and oxygen atoms in total. The van der Waals surface area contributed by atoms with Crippen LogP contribution in [0.1, 0.15) is 0 Å². The summed E-state index contributed by atoms with van der Waals surface area (Å²) < 4.78 is 34.1. The smallest absolute Gasteiger partial charge is 0.394 e. The summed E-state index contributed by atoms with van der Waals surface area (Å²) in [6, 6.07) is -2.75. The molecule has 2 heterocycles. The van der Waals surface area contributed by atoms with Gasteiger partial charge in [-0.1, -0.05) is 0 Å². The number of hydrogen-bond acceptors (Lipinski definition) is 6. The molecule has 0 radical (unpaired) electrons. The Hall–Kier alpha value is -1.69. The van der Waals surface area contributed by atoms with Crippen molar-refractivity contribution in [3.05, 3.63) is 11.6 Å². The number of aliphatic hydroxyl groups excluding tert-OH is 1. The van der Waals surface area contributed by atoms with E-state index in [-0.39, 0.29) is 12.1 Å². The molecule has 1 saturated heterocycles. The van der Waals surface area contributed by atoms with Gasteiger partial charge in [-0.25, -0.2) is 4.79 Å². The first-order valence-corrected chi connectivity index (χ1v) is 6.50. The Morgan fingerprint density at radius 1 is 1.58 bits per heavy atom. The molecule has 0 saturated carbocycles. The first-order chi connectivity index (χ1) is 8.74. The summed E-state index contributed by atoms with van der Waals surface area (Å²) in [6.45, 7) is -0.538. The summed E-state index contributed by atoms with van der Waals surface area (Å²) >= 11 is 0. The Labute approximate surface area is 107 Å². The van der Waals surface area contributed by atoms with Crippen LogP contribution in [-0.2, 0) is 19.5 Å². The lowest BCUT2D eigenvalue weighted by molar-refractivity contribution is -0.116. The maximum Gasteiger partial charge on any atom is 0.418 e. The van der Waals surface area contributed by atoms with E-state index in [9.17, 15) is 18.0 Å². The largest absolute Gasteiger partial charge is 0.418 e. The van der Waals surface area contributed by atoms with E-state index in [0.717, 1.165) is 4.90 Å². The summed E-state index contributed by atoms with van der Waals surface area (Å²) in [6.07, 6.45) is 1.27.